The Bertz CT molecular complexity index is 472. The molecule has 3 rings (SSSR count). The van der Waals surface area contributed by atoms with Crippen LogP contribution in [0.15, 0.2) is 18.2 Å². The van der Waals surface area contributed by atoms with E-state index in [-0.39, 0.29) is 0 Å². The van der Waals surface area contributed by atoms with Crippen LogP contribution in [0.2, 0.25) is 0 Å². The molecule has 1 aromatic rings. The third-order valence-electron chi connectivity index (χ3n) is 4.74. The minimum Gasteiger partial charge on any atom is -0.296 e. The van der Waals surface area contributed by atoms with Crippen molar-refractivity contribution < 1.29 is 4.79 Å². The normalized spacial score (nSPS) is 20.2. The Morgan fingerprint density at radius 1 is 0.900 bits per heavy atom. The Labute approximate surface area is 122 Å². The average molecular weight is 271 g/mol. The predicted molar refractivity (Wildman–Crippen MR) is 82.3 cm³/mol. The van der Waals surface area contributed by atoms with Crippen molar-refractivity contribution in [3.05, 3.63) is 34.9 Å². The number of carbonyl (C=O) groups excluding carboxylic acids is 1. The molecule has 0 aromatic heterocycles. The lowest BCUT2D eigenvalue weighted by Gasteiger charge is -2.20. The van der Waals surface area contributed by atoms with E-state index in [1.165, 1.54) is 56.1 Å². The first kappa shape index (κ1) is 13.8. The second kappa shape index (κ2) is 6.53. The number of hydrogen-bond donors (Lipinski definition) is 0. The SMILES string of the molecule is O=C(CN1CCCCCC1)c1ccc2c(c1)CCCC2. The topological polar surface area (TPSA) is 20.3 Å². The maximum atomic E-state index is 12.5. The van der Waals surface area contributed by atoms with Gasteiger partial charge in [0.2, 0.25) is 0 Å². The summed E-state index contributed by atoms with van der Waals surface area (Å²) in [5.74, 6) is 0.306. The third-order valence-corrected chi connectivity index (χ3v) is 4.74. The summed E-state index contributed by atoms with van der Waals surface area (Å²) in [6.45, 7) is 2.80. The molecular weight excluding hydrogens is 246 g/mol. The molecule has 1 fully saturated rings. The molecule has 0 spiro atoms. The second-order valence-electron chi connectivity index (χ2n) is 6.30. The van der Waals surface area contributed by atoms with Crippen LogP contribution in [0.1, 0.15) is 60.0 Å². The molecule has 2 nitrogen and oxygen atoms in total. The number of fused-ring (bicyclic) bond motifs is 1. The number of aryl methyl sites for hydroxylation is 2. The number of nitrogens with zero attached hydrogens (tertiary/aromatic N) is 1. The first-order chi connectivity index (χ1) is 9.83. The van der Waals surface area contributed by atoms with Crippen LogP contribution in [0.4, 0.5) is 0 Å². The molecule has 1 aromatic carbocycles. The maximum Gasteiger partial charge on any atom is 0.176 e. The fourth-order valence-corrected chi connectivity index (χ4v) is 3.50. The van der Waals surface area contributed by atoms with Crippen molar-refractivity contribution in [1.29, 1.82) is 0 Å². The highest BCUT2D eigenvalue weighted by molar-refractivity contribution is 5.97. The van der Waals surface area contributed by atoms with Gasteiger partial charge in [-0.1, -0.05) is 25.0 Å². The van der Waals surface area contributed by atoms with Gasteiger partial charge in [0.05, 0.1) is 6.54 Å². The summed E-state index contributed by atoms with van der Waals surface area (Å²) in [6, 6.07) is 6.39. The minimum atomic E-state index is 0.306. The standard InChI is InChI=1S/C18H25NO/c20-18(14-19-11-5-1-2-6-12-19)17-10-9-15-7-3-4-8-16(15)13-17/h9-10,13H,1-8,11-12,14H2. The molecule has 0 radical (unpaired) electrons. The van der Waals surface area contributed by atoms with Crippen molar-refractivity contribution in [2.75, 3.05) is 19.6 Å². The summed E-state index contributed by atoms with van der Waals surface area (Å²) < 4.78 is 0. The maximum absolute atomic E-state index is 12.5. The Kier molecular flexibility index (Phi) is 4.51. The van der Waals surface area contributed by atoms with E-state index >= 15 is 0 Å². The summed E-state index contributed by atoms with van der Waals surface area (Å²) in [6.07, 6.45) is 10.1. The monoisotopic (exact) mass is 271 g/mol. The van der Waals surface area contributed by atoms with Gasteiger partial charge in [-0.3, -0.25) is 9.69 Å². The molecule has 0 atom stereocenters. The van der Waals surface area contributed by atoms with Gasteiger partial charge in [0.1, 0.15) is 0 Å². The quantitative estimate of drug-likeness (QED) is 0.783. The zero-order chi connectivity index (χ0) is 13.8. The smallest absolute Gasteiger partial charge is 0.176 e. The lowest BCUT2D eigenvalue weighted by atomic mass is 9.90. The van der Waals surface area contributed by atoms with Gasteiger partial charge < -0.3 is 0 Å². The molecule has 1 saturated heterocycles. The molecule has 0 N–H and O–H groups in total. The molecule has 108 valence electrons. The molecule has 1 heterocycles. The highest BCUT2D eigenvalue weighted by atomic mass is 16.1. The molecule has 1 aliphatic heterocycles. The van der Waals surface area contributed by atoms with E-state index < -0.39 is 0 Å². The van der Waals surface area contributed by atoms with Crippen LogP contribution >= 0.6 is 0 Å². The average Bonchev–Trinajstić information content (AvgIpc) is 2.75. The van der Waals surface area contributed by atoms with Gasteiger partial charge in [0.15, 0.2) is 5.78 Å². The zero-order valence-electron chi connectivity index (χ0n) is 12.4. The highest BCUT2D eigenvalue weighted by Crippen LogP contribution is 2.22. The van der Waals surface area contributed by atoms with Gasteiger partial charge in [-0.05, 0) is 68.8 Å². The van der Waals surface area contributed by atoms with Crippen molar-refractivity contribution in [2.24, 2.45) is 0 Å². The molecule has 20 heavy (non-hydrogen) atoms. The highest BCUT2D eigenvalue weighted by Gasteiger charge is 2.16. The Morgan fingerprint density at radius 3 is 2.35 bits per heavy atom. The first-order valence-electron chi connectivity index (χ1n) is 8.20. The molecular formula is C18H25NO. The van der Waals surface area contributed by atoms with Crippen LogP contribution in [0.3, 0.4) is 0 Å². The van der Waals surface area contributed by atoms with Crippen LogP contribution in [-0.4, -0.2) is 30.3 Å². The first-order valence-corrected chi connectivity index (χ1v) is 8.20. The minimum absolute atomic E-state index is 0.306. The van der Waals surface area contributed by atoms with Gasteiger partial charge in [0, 0.05) is 5.56 Å². The number of carbonyl (C=O) groups is 1. The Balaban J connectivity index is 1.67. The number of Topliss-reactive ketones (excluding diaryl/α,β-unsaturated/α-hetero) is 1. The summed E-state index contributed by atoms with van der Waals surface area (Å²) in [5, 5.41) is 0. The summed E-state index contributed by atoms with van der Waals surface area (Å²) >= 11 is 0. The van der Waals surface area contributed by atoms with Crippen molar-refractivity contribution in [2.45, 2.75) is 51.4 Å². The fraction of sp³-hybridized carbons (Fsp3) is 0.611. The number of hydrogen-bond acceptors (Lipinski definition) is 2. The number of rotatable bonds is 3. The van der Waals surface area contributed by atoms with E-state index in [0.29, 0.717) is 12.3 Å². The number of ketones is 1. The fourth-order valence-electron chi connectivity index (χ4n) is 3.50. The predicted octanol–water partition coefficient (Wildman–Crippen LogP) is 3.62. The van der Waals surface area contributed by atoms with E-state index in [1.807, 2.05) is 6.07 Å². The van der Waals surface area contributed by atoms with E-state index in [0.717, 1.165) is 25.1 Å². The van der Waals surface area contributed by atoms with Gasteiger partial charge in [-0.15, -0.1) is 0 Å². The van der Waals surface area contributed by atoms with E-state index in [1.54, 1.807) is 0 Å². The molecule has 0 saturated carbocycles. The molecule has 2 aliphatic rings. The Hall–Kier alpha value is -1.15. The van der Waals surface area contributed by atoms with Crippen LogP contribution in [0.5, 0.6) is 0 Å². The van der Waals surface area contributed by atoms with Gasteiger partial charge in [-0.25, -0.2) is 0 Å². The molecule has 0 unspecified atom stereocenters. The lowest BCUT2D eigenvalue weighted by molar-refractivity contribution is 0.0933. The largest absolute Gasteiger partial charge is 0.296 e. The molecule has 0 bridgehead atoms. The van der Waals surface area contributed by atoms with Crippen LogP contribution in [0.25, 0.3) is 0 Å². The molecule has 0 amide bonds. The van der Waals surface area contributed by atoms with Crippen molar-refractivity contribution in [1.82, 2.24) is 4.90 Å². The van der Waals surface area contributed by atoms with Gasteiger partial charge in [-0.2, -0.15) is 0 Å². The summed E-state index contributed by atoms with van der Waals surface area (Å²) in [5.41, 5.74) is 3.80. The van der Waals surface area contributed by atoms with E-state index in [4.69, 9.17) is 0 Å². The lowest BCUT2D eigenvalue weighted by Crippen LogP contribution is -2.30. The summed E-state index contributed by atoms with van der Waals surface area (Å²) in [4.78, 5) is 14.8. The van der Waals surface area contributed by atoms with Gasteiger partial charge >= 0.3 is 0 Å². The second-order valence-corrected chi connectivity index (χ2v) is 6.30. The van der Waals surface area contributed by atoms with Crippen LogP contribution in [-0.2, 0) is 12.8 Å². The van der Waals surface area contributed by atoms with Crippen LogP contribution < -0.4 is 0 Å². The van der Waals surface area contributed by atoms with E-state index in [2.05, 4.69) is 17.0 Å². The summed E-state index contributed by atoms with van der Waals surface area (Å²) in [7, 11) is 0. The van der Waals surface area contributed by atoms with Crippen molar-refractivity contribution >= 4 is 5.78 Å². The number of likely N-dealkylation sites (tertiary alicyclic amines) is 1. The van der Waals surface area contributed by atoms with Crippen molar-refractivity contribution in [3.63, 3.8) is 0 Å². The zero-order valence-corrected chi connectivity index (χ0v) is 12.4. The van der Waals surface area contributed by atoms with Crippen molar-refractivity contribution in [3.8, 4) is 0 Å². The molecule has 1 aliphatic carbocycles. The molecule has 2 heteroatoms. The van der Waals surface area contributed by atoms with E-state index in [9.17, 15) is 4.79 Å². The number of benzene rings is 1. The van der Waals surface area contributed by atoms with Crippen LogP contribution in [0, 0.1) is 0 Å². The van der Waals surface area contributed by atoms with Gasteiger partial charge in [0.25, 0.3) is 0 Å². The third kappa shape index (κ3) is 3.29. The Morgan fingerprint density at radius 2 is 1.60 bits per heavy atom.